The molecule has 0 heterocycles. The highest BCUT2D eigenvalue weighted by molar-refractivity contribution is 7.99. The molecule has 5 nitrogen and oxygen atoms in total. The van der Waals surface area contributed by atoms with E-state index in [9.17, 15) is 14.0 Å². The molecule has 37 heavy (non-hydrogen) atoms. The van der Waals surface area contributed by atoms with Gasteiger partial charge in [0.1, 0.15) is 17.6 Å². The molecule has 0 aliphatic heterocycles. The van der Waals surface area contributed by atoms with Crippen LogP contribution < -0.4 is 10.1 Å². The Hall–Kier alpha value is -3.32. The number of carbonyl (C=O) groups is 2. The van der Waals surface area contributed by atoms with Gasteiger partial charge in [-0.05, 0) is 35.7 Å². The third-order valence-electron chi connectivity index (χ3n) is 6.05. The first-order valence-electron chi connectivity index (χ1n) is 12.6. The van der Waals surface area contributed by atoms with Crippen molar-refractivity contribution in [1.29, 1.82) is 0 Å². The van der Waals surface area contributed by atoms with Crippen LogP contribution in [0.1, 0.15) is 36.5 Å². The molecule has 0 radical (unpaired) electrons. The Labute approximate surface area is 223 Å². The lowest BCUT2D eigenvalue weighted by Crippen LogP contribution is -2.51. The van der Waals surface area contributed by atoms with E-state index in [1.807, 2.05) is 54.6 Å². The fourth-order valence-corrected chi connectivity index (χ4v) is 4.80. The zero-order valence-corrected chi connectivity index (χ0v) is 22.3. The van der Waals surface area contributed by atoms with Crippen molar-refractivity contribution in [2.75, 3.05) is 19.4 Å². The van der Waals surface area contributed by atoms with Crippen LogP contribution in [0.25, 0.3) is 0 Å². The highest BCUT2D eigenvalue weighted by atomic mass is 32.2. The van der Waals surface area contributed by atoms with Crippen LogP contribution in [-0.2, 0) is 28.3 Å². The van der Waals surface area contributed by atoms with Crippen LogP contribution in [0, 0.1) is 5.82 Å². The first-order chi connectivity index (χ1) is 18.0. The van der Waals surface area contributed by atoms with Gasteiger partial charge in [0.2, 0.25) is 11.8 Å². The van der Waals surface area contributed by atoms with Gasteiger partial charge in [-0.25, -0.2) is 4.39 Å². The molecule has 2 amide bonds. The minimum Gasteiger partial charge on any atom is -0.497 e. The number of amides is 2. The van der Waals surface area contributed by atoms with E-state index in [0.717, 1.165) is 29.7 Å². The molecule has 7 heteroatoms. The minimum atomic E-state index is -0.757. The number of benzene rings is 3. The number of methoxy groups -OCH3 is 1. The number of hydrogen-bond donors (Lipinski definition) is 1. The predicted molar refractivity (Wildman–Crippen MR) is 148 cm³/mol. The van der Waals surface area contributed by atoms with Gasteiger partial charge < -0.3 is 15.0 Å². The van der Waals surface area contributed by atoms with Crippen molar-refractivity contribution >= 4 is 23.6 Å². The second kappa shape index (κ2) is 15.1. The van der Waals surface area contributed by atoms with Crippen LogP contribution in [0.4, 0.5) is 4.39 Å². The molecule has 0 bridgehead atoms. The Kier molecular flexibility index (Phi) is 11.5. The summed E-state index contributed by atoms with van der Waals surface area (Å²) in [5.74, 6) is 0.772. The zero-order valence-electron chi connectivity index (χ0n) is 21.5. The molecule has 0 aromatic heterocycles. The molecule has 3 aromatic carbocycles. The molecule has 1 atom stereocenters. The normalized spacial score (nSPS) is 11.5. The Morgan fingerprint density at radius 1 is 0.973 bits per heavy atom. The van der Waals surface area contributed by atoms with Gasteiger partial charge in [-0.3, -0.25) is 9.59 Å². The summed E-state index contributed by atoms with van der Waals surface area (Å²) in [6.07, 6.45) is 2.15. The number of nitrogens with one attached hydrogen (secondary N) is 1. The first kappa shape index (κ1) is 28.3. The molecule has 1 N–H and O–H groups in total. The van der Waals surface area contributed by atoms with Gasteiger partial charge >= 0.3 is 0 Å². The monoisotopic (exact) mass is 522 g/mol. The number of hydrogen-bond acceptors (Lipinski definition) is 4. The van der Waals surface area contributed by atoms with Crippen molar-refractivity contribution in [2.45, 2.75) is 44.5 Å². The summed E-state index contributed by atoms with van der Waals surface area (Å²) < 4.78 is 19.8. The Balaban J connectivity index is 1.81. The van der Waals surface area contributed by atoms with E-state index in [0.29, 0.717) is 24.3 Å². The molecule has 3 rings (SSSR count). The summed E-state index contributed by atoms with van der Waals surface area (Å²) in [5.41, 5.74) is 2.39. The smallest absolute Gasteiger partial charge is 0.243 e. The van der Waals surface area contributed by atoms with E-state index in [-0.39, 0.29) is 24.1 Å². The van der Waals surface area contributed by atoms with Crippen molar-refractivity contribution in [3.05, 3.63) is 101 Å². The summed E-state index contributed by atoms with van der Waals surface area (Å²) in [6.45, 7) is 2.61. The van der Waals surface area contributed by atoms with Gasteiger partial charge in [-0.15, -0.1) is 11.8 Å². The average molecular weight is 523 g/mol. The molecule has 0 aliphatic carbocycles. The molecular formula is C30H35FN2O3S. The van der Waals surface area contributed by atoms with Gasteiger partial charge in [-0.1, -0.05) is 74.0 Å². The summed E-state index contributed by atoms with van der Waals surface area (Å²) in [7, 11) is 1.62. The predicted octanol–water partition coefficient (Wildman–Crippen LogP) is 5.62. The maximum atomic E-state index is 14.6. The lowest BCUT2D eigenvalue weighted by molar-refractivity contribution is -0.139. The minimum absolute atomic E-state index is 0.0211. The van der Waals surface area contributed by atoms with Crippen LogP contribution in [0.2, 0.25) is 0 Å². The Bertz CT molecular complexity index is 1130. The number of ether oxygens (including phenoxy) is 1. The number of carbonyl (C=O) groups excluding carboxylic acids is 2. The van der Waals surface area contributed by atoms with Gasteiger partial charge in [0.15, 0.2) is 0 Å². The molecule has 3 aromatic rings. The highest BCUT2D eigenvalue weighted by Crippen LogP contribution is 2.21. The summed E-state index contributed by atoms with van der Waals surface area (Å²) in [4.78, 5) is 28.5. The SMILES string of the molecule is CCCCNC(=O)[C@@H](Cc1ccccc1)N(Cc1ccccc1F)C(=O)CSCc1ccc(OC)cc1. The maximum absolute atomic E-state index is 14.6. The quantitative estimate of drug-likeness (QED) is 0.279. The first-order valence-corrected chi connectivity index (χ1v) is 13.7. The number of thioether (sulfide) groups is 1. The van der Waals surface area contributed by atoms with Crippen LogP contribution in [0.5, 0.6) is 5.75 Å². The van der Waals surface area contributed by atoms with Gasteiger partial charge in [0, 0.05) is 30.8 Å². The van der Waals surface area contributed by atoms with Crippen LogP contribution in [-0.4, -0.2) is 42.2 Å². The van der Waals surface area contributed by atoms with Crippen LogP contribution >= 0.6 is 11.8 Å². The van der Waals surface area contributed by atoms with Gasteiger partial charge in [0.25, 0.3) is 0 Å². The molecule has 0 saturated heterocycles. The second-order valence-corrected chi connectivity index (χ2v) is 9.79. The lowest BCUT2D eigenvalue weighted by atomic mass is 10.0. The lowest BCUT2D eigenvalue weighted by Gasteiger charge is -2.31. The number of halogens is 1. The van der Waals surface area contributed by atoms with E-state index < -0.39 is 11.9 Å². The standard InChI is InChI=1S/C30H35FN2O3S/c1-3-4-18-32-30(35)28(19-23-10-6-5-7-11-23)33(20-25-12-8-9-13-27(25)31)29(34)22-37-21-24-14-16-26(36-2)17-15-24/h5-17,28H,3-4,18-22H2,1-2H3,(H,32,35)/t28-/m1/s1. The van der Waals surface area contributed by atoms with Crippen molar-refractivity contribution < 1.29 is 18.7 Å². The van der Waals surface area contributed by atoms with E-state index in [2.05, 4.69) is 12.2 Å². The largest absolute Gasteiger partial charge is 0.497 e. The average Bonchev–Trinajstić information content (AvgIpc) is 2.92. The van der Waals surface area contributed by atoms with Crippen LogP contribution in [0.15, 0.2) is 78.9 Å². The number of unbranched alkanes of at least 4 members (excludes halogenated alkanes) is 1. The summed E-state index contributed by atoms with van der Waals surface area (Å²) in [5, 5.41) is 2.99. The molecule has 0 saturated carbocycles. The van der Waals surface area contributed by atoms with E-state index in [1.54, 1.807) is 25.3 Å². The molecule has 0 fully saturated rings. The summed E-state index contributed by atoms with van der Waals surface area (Å²) in [6, 6.07) is 23.0. The van der Waals surface area contributed by atoms with E-state index >= 15 is 0 Å². The zero-order chi connectivity index (χ0) is 26.5. The van der Waals surface area contributed by atoms with Gasteiger partial charge in [-0.2, -0.15) is 0 Å². The van der Waals surface area contributed by atoms with E-state index in [1.165, 1.54) is 22.7 Å². The Morgan fingerprint density at radius 2 is 1.68 bits per heavy atom. The number of nitrogens with zero attached hydrogens (tertiary/aromatic N) is 1. The maximum Gasteiger partial charge on any atom is 0.243 e. The Morgan fingerprint density at radius 3 is 2.35 bits per heavy atom. The summed E-state index contributed by atoms with van der Waals surface area (Å²) >= 11 is 1.47. The second-order valence-electron chi connectivity index (χ2n) is 8.80. The van der Waals surface area contributed by atoms with Crippen molar-refractivity contribution in [3.63, 3.8) is 0 Å². The molecule has 0 spiro atoms. The fourth-order valence-electron chi connectivity index (χ4n) is 3.93. The number of rotatable bonds is 14. The molecule has 0 aliphatic rings. The van der Waals surface area contributed by atoms with E-state index in [4.69, 9.17) is 4.74 Å². The highest BCUT2D eigenvalue weighted by Gasteiger charge is 2.30. The van der Waals surface area contributed by atoms with Crippen molar-refractivity contribution in [3.8, 4) is 5.75 Å². The molecule has 196 valence electrons. The molecular weight excluding hydrogens is 487 g/mol. The fraction of sp³-hybridized carbons (Fsp3) is 0.333. The third kappa shape index (κ3) is 8.93. The topological polar surface area (TPSA) is 58.6 Å². The third-order valence-corrected chi connectivity index (χ3v) is 7.04. The van der Waals surface area contributed by atoms with Gasteiger partial charge in [0.05, 0.1) is 12.9 Å². The molecule has 0 unspecified atom stereocenters. The van der Waals surface area contributed by atoms with Crippen LogP contribution in [0.3, 0.4) is 0 Å². The van der Waals surface area contributed by atoms with Crippen molar-refractivity contribution in [2.24, 2.45) is 0 Å². The van der Waals surface area contributed by atoms with Crippen molar-refractivity contribution in [1.82, 2.24) is 10.2 Å².